The summed E-state index contributed by atoms with van der Waals surface area (Å²) in [6.07, 6.45) is -4.24. The first-order valence-corrected chi connectivity index (χ1v) is 11.1. The van der Waals surface area contributed by atoms with Crippen molar-refractivity contribution < 1.29 is 31.1 Å². The smallest absolute Gasteiger partial charge is 0.374 e. The molecule has 0 saturated carbocycles. The average Bonchev–Trinajstić information content (AvgIpc) is 3.16. The number of hydrogen-bond donors (Lipinski definition) is 1. The van der Waals surface area contributed by atoms with Gasteiger partial charge in [-0.3, -0.25) is 9.59 Å². The molecule has 170 valence electrons. The van der Waals surface area contributed by atoms with Gasteiger partial charge in [0.05, 0.1) is 28.8 Å². The number of aromatic amines is 1. The van der Waals surface area contributed by atoms with Gasteiger partial charge in [-0.2, -0.15) is 13.2 Å². The monoisotopic (exact) mass is 463 g/mol. The van der Waals surface area contributed by atoms with Crippen molar-refractivity contribution in [1.82, 2.24) is 9.66 Å². The molecular weight excluding hydrogens is 443 g/mol. The summed E-state index contributed by atoms with van der Waals surface area (Å²) in [5.74, 6) is -1.95. The molecule has 2 aromatic rings. The Balaban J connectivity index is 2.38. The molecule has 13 heteroatoms. The average molecular weight is 463 g/mol. The van der Waals surface area contributed by atoms with Gasteiger partial charge >= 0.3 is 11.9 Å². The molecule has 2 heterocycles. The van der Waals surface area contributed by atoms with Crippen molar-refractivity contribution in [3.63, 3.8) is 0 Å². The number of nitrogens with zero attached hydrogens (tertiary/aromatic N) is 2. The van der Waals surface area contributed by atoms with Gasteiger partial charge in [-0.25, -0.2) is 13.2 Å². The maximum absolute atomic E-state index is 13.6. The molecule has 0 aliphatic carbocycles. The van der Waals surface area contributed by atoms with Crippen LogP contribution >= 0.6 is 0 Å². The highest BCUT2D eigenvalue weighted by Crippen LogP contribution is 2.40. The molecule has 0 radical (unpaired) electrons. The van der Waals surface area contributed by atoms with Crippen LogP contribution in [0.2, 0.25) is 0 Å². The third kappa shape index (κ3) is 4.24. The largest absolute Gasteiger partial charge is 0.416 e. The molecule has 0 bridgehead atoms. The van der Waals surface area contributed by atoms with Crippen LogP contribution in [0.3, 0.4) is 0 Å². The van der Waals surface area contributed by atoms with E-state index in [4.69, 9.17) is 4.74 Å². The van der Waals surface area contributed by atoms with E-state index in [0.717, 1.165) is 6.07 Å². The summed E-state index contributed by atoms with van der Waals surface area (Å²) in [5.41, 5.74) is -4.42. The van der Waals surface area contributed by atoms with Gasteiger partial charge in [0, 0.05) is 12.5 Å². The van der Waals surface area contributed by atoms with E-state index >= 15 is 0 Å². The summed E-state index contributed by atoms with van der Waals surface area (Å²) >= 11 is 0. The normalized spacial score (nSPS) is 17.5. The van der Waals surface area contributed by atoms with E-state index in [9.17, 15) is 36.0 Å². The van der Waals surface area contributed by atoms with E-state index in [1.54, 1.807) is 0 Å². The van der Waals surface area contributed by atoms with Crippen LogP contribution in [0.25, 0.3) is 10.9 Å². The zero-order chi connectivity index (χ0) is 23.3. The second-order valence-corrected chi connectivity index (χ2v) is 9.34. The number of amides is 1. The highest BCUT2D eigenvalue weighted by molar-refractivity contribution is 7.92. The minimum atomic E-state index is -4.78. The number of nitrogens with one attached hydrogen (secondary N) is 1. The maximum atomic E-state index is 13.6. The zero-order valence-corrected chi connectivity index (χ0v) is 17.6. The number of alkyl halides is 3. The highest BCUT2D eigenvalue weighted by Gasteiger charge is 2.38. The number of aromatic nitrogens is 2. The van der Waals surface area contributed by atoms with E-state index in [2.05, 4.69) is 4.98 Å². The van der Waals surface area contributed by atoms with Gasteiger partial charge < -0.3 is 9.72 Å². The third-order valence-corrected chi connectivity index (χ3v) is 5.78. The lowest BCUT2D eigenvalue weighted by Crippen LogP contribution is -2.56. The number of carbonyl (C=O) groups excluding carboxylic acids is 1. The van der Waals surface area contributed by atoms with Crippen molar-refractivity contribution in [3.05, 3.63) is 44.1 Å². The molecule has 1 aliphatic heterocycles. The first-order chi connectivity index (χ1) is 14.2. The molecule has 0 spiro atoms. The lowest BCUT2D eigenvalue weighted by molar-refractivity contribution is -0.139. The predicted molar refractivity (Wildman–Crippen MR) is 105 cm³/mol. The number of halogens is 3. The van der Waals surface area contributed by atoms with Crippen LogP contribution < -0.4 is 15.7 Å². The molecule has 3 rings (SSSR count). The fraction of sp³-hybridized carbons (Fsp3) is 0.500. The van der Waals surface area contributed by atoms with E-state index in [-0.39, 0.29) is 26.6 Å². The minimum absolute atomic E-state index is 0.0294. The van der Waals surface area contributed by atoms with Gasteiger partial charge in [-0.15, -0.1) is 9.09 Å². The second kappa shape index (κ2) is 7.79. The molecule has 31 heavy (non-hydrogen) atoms. The summed E-state index contributed by atoms with van der Waals surface area (Å²) in [4.78, 5) is 40.1. The van der Waals surface area contributed by atoms with Gasteiger partial charge in [0.15, 0.2) is 0 Å². The Labute approximate surface area is 174 Å². The number of H-pyrrole nitrogens is 1. The first-order valence-electron chi connectivity index (χ1n) is 9.29. The Hall–Kier alpha value is -2.67. The van der Waals surface area contributed by atoms with Crippen LogP contribution in [0.4, 0.5) is 13.2 Å². The van der Waals surface area contributed by atoms with Crippen LogP contribution in [0.15, 0.2) is 21.7 Å². The number of ether oxygens (including phenoxy) is 1. The summed E-state index contributed by atoms with van der Waals surface area (Å²) in [6.45, 7) is 2.98. The zero-order valence-electron chi connectivity index (χ0n) is 16.8. The highest BCUT2D eigenvalue weighted by atomic mass is 32.2. The fourth-order valence-corrected chi connectivity index (χ4v) is 4.38. The van der Waals surface area contributed by atoms with Gasteiger partial charge in [0.25, 0.3) is 21.5 Å². The van der Waals surface area contributed by atoms with Crippen LogP contribution in [0.1, 0.15) is 43.9 Å². The Morgan fingerprint density at radius 3 is 2.42 bits per heavy atom. The van der Waals surface area contributed by atoms with Gasteiger partial charge in [0.1, 0.15) is 0 Å². The van der Waals surface area contributed by atoms with Gasteiger partial charge in [0.2, 0.25) is 0 Å². The summed E-state index contributed by atoms with van der Waals surface area (Å²) in [6, 6.07) is 1.55. The van der Waals surface area contributed by atoms with E-state index in [0.29, 0.717) is 25.2 Å². The Morgan fingerprint density at radius 1 is 1.29 bits per heavy atom. The molecular formula is C18H20F3N3O6S. The summed E-state index contributed by atoms with van der Waals surface area (Å²) < 4.78 is 70.8. The Morgan fingerprint density at radius 2 is 1.94 bits per heavy atom. The van der Waals surface area contributed by atoms with E-state index in [1.165, 1.54) is 13.8 Å². The number of fused-ring (bicyclic) bond motifs is 1. The molecule has 1 saturated heterocycles. The van der Waals surface area contributed by atoms with Crippen LogP contribution in [-0.4, -0.2) is 36.8 Å². The molecule has 1 aromatic heterocycles. The number of benzene rings is 1. The number of sulfonamides is 1. The van der Waals surface area contributed by atoms with Gasteiger partial charge in [-0.05, 0) is 30.5 Å². The molecule has 1 amide bonds. The lowest BCUT2D eigenvalue weighted by atomic mass is 9.97. The molecule has 9 nitrogen and oxygen atoms in total. The summed E-state index contributed by atoms with van der Waals surface area (Å²) in [5, 5.41) is -0.386. The van der Waals surface area contributed by atoms with Crippen molar-refractivity contribution in [2.24, 2.45) is 5.92 Å². The second-order valence-electron chi connectivity index (χ2n) is 7.53. The molecule has 1 unspecified atom stereocenters. The van der Waals surface area contributed by atoms with E-state index < -0.39 is 56.5 Å². The lowest BCUT2D eigenvalue weighted by Gasteiger charge is -2.23. The van der Waals surface area contributed by atoms with E-state index in [1.807, 2.05) is 0 Å². The number of hydrogen-bond acceptors (Lipinski definition) is 6. The molecule has 1 fully saturated rings. The molecule has 1 aromatic carbocycles. The number of rotatable bonds is 4. The standard InChI is InChI=1S/C18H20F3N3O6S/c1-9(2)15(25)24(31(3,28)29)23-16(26)11-7-10(14-5-4-6-30-14)12(18(19,20)21)8-13(11)22-17(23)27/h7-9,14H,4-6H2,1-3H3,(H,22,27). The Kier molecular flexibility index (Phi) is 5.78. The van der Waals surface area contributed by atoms with Crippen LogP contribution in [-0.2, 0) is 25.7 Å². The topological polar surface area (TPSA) is 119 Å². The van der Waals surface area contributed by atoms with Crippen LogP contribution in [0.5, 0.6) is 0 Å². The quantitative estimate of drug-likeness (QED) is 0.737. The molecule has 1 aliphatic rings. The first kappa shape index (κ1) is 23.0. The summed E-state index contributed by atoms with van der Waals surface area (Å²) in [7, 11) is -4.41. The number of carbonyl (C=O) groups is 1. The SMILES string of the molecule is CC(C)C(=O)N(n1c(=O)[nH]c2cc(C(F)(F)F)c(C3CCCO3)cc2c1=O)S(C)(=O)=O. The minimum Gasteiger partial charge on any atom is -0.374 e. The molecule has 1 atom stereocenters. The van der Waals surface area contributed by atoms with Crippen molar-refractivity contribution in [3.8, 4) is 0 Å². The maximum Gasteiger partial charge on any atom is 0.416 e. The van der Waals surface area contributed by atoms with Crippen molar-refractivity contribution in [2.45, 2.75) is 39.0 Å². The van der Waals surface area contributed by atoms with Crippen molar-refractivity contribution in [2.75, 3.05) is 17.3 Å². The van der Waals surface area contributed by atoms with Crippen LogP contribution in [0, 0.1) is 5.92 Å². The van der Waals surface area contributed by atoms with Crippen molar-refractivity contribution >= 4 is 26.8 Å². The van der Waals surface area contributed by atoms with Crippen molar-refractivity contribution in [1.29, 1.82) is 0 Å². The van der Waals surface area contributed by atoms with Gasteiger partial charge in [-0.1, -0.05) is 13.8 Å². The third-order valence-electron chi connectivity index (χ3n) is 4.81. The fourth-order valence-electron chi connectivity index (χ4n) is 3.40. The predicted octanol–water partition coefficient (Wildman–Crippen LogP) is 1.64. The molecule has 1 N–H and O–H groups in total. The Bertz CT molecular complexity index is 1260.